The molecule has 11 N–H and O–H groups in total. The first kappa shape index (κ1) is 60.4. The van der Waals surface area contributed by atoms with Gasteiger partial charge in [-0.2, -0.15) is 20.2 Å². The third-order valence-electron chi connectivity index (χ3n) is 11.6. The minimum Gasteiger partial charge on any atom is -0.481 e. The molecule has 0 aliphatic rings. The van der Waals surface area contributed by atoms with Crippen LogP contribution >= 0.6 is 0 Å². The van der Waals surface area contributed by atoms with Gasteiger partial charge in [0.15, 0.2) is 11.2 Å². The van der Waals surface area contributed by atoms with E-state index in [9.17, 15) is 33.9 Å². The number of aromatic amines is 1. The molecule has 0 radical (unpaired) electrons. The Balaban J connectivity index is 0.700. The second-order valence-electron chi connectivity index (χ2n) is 17.8. The van der Waals surface area contributed by atoms with Crippen molar-refractivity contribution in [3.05, 3.63) is 102 Å². The SMILES string of the molecule is Nc1nc(OCc2ccc(CNC(=O)CCc3cn(CCOCCOCCOCCOCCC(=O)NCC(=O)Nc4ccc(N=Nc5ccc(NC(=O)CCC[C@@H](C[C@H](N)C(=O)O)C(=O)O)cc5)cc4)nn3)cc2)c2nc[nH]c2n1. The van der Waals surface area contributed by atoms with Gasteiger partial charge in [0.1, 0.15) is 12.6 Å². The van der Waals surface area contributed by atoms with Crippen LogP contribution in [-0.2, 0) is 73.8 Å². The van der Waals surface area contributed by atoms with Gasteiger partial charge in [-0.3, -0.25) is 28.8 Å². The van der Waals surface area contributed by atoms with Crippen LogP contribution in [-0.4, -0.2) is 146 Å². The number of carbonyl (C=O) groups excluding carboxylic acids is 4. The summed E-state index contributed by atoms with van der Waals surface area (Å²) in [6.45, 7) is 3.55. The van der Waals surface area contributed by atoms with E-state index in [0.717, 1.165) is 11.1 Å². The Bertz CT molecular complexity index is 2960. The highest BCUT2D eigenvalue weighted by Gasteiger charge is 2.24. The minimum absolute atomic E-state index is 0.0412. The molecule has 0 fully saturated rings. The first-order chi connectivity index (χ1) is 38.8. The molecule has 0 aliphatic carbocycles. The van der Waals surface area contributed by atoms with Gasteiger partial charge >= 0.3 is 11.9 Å². The third-order valence-corrected chi connectivity index (χ3v) is 11.6. The molecular weight excluding hydrogens is 1040 g/mol. The van der Waals surface area contributed by atoms with Crippen molar-refractivity contribution in [3.8, 4) is 5.88 Å². The quantitative estimate of drug-likeness (QED) is 0.0199. The van der Waals surface area contributed by atoms with Gasteiger partial charge in [0.25, 0.3) is 0 Å². The van der Waals surface area contributed by atoms with Crippen LogP contribution in [0.4, 0.5) is 28.7 Å². The van der Waals surface area contributed by atoms with Crippen molar-refractivity contribution in [1.29, 1.82) is 0 Å². The van der Waals surface area contributed by atoms with Crippen LogP contribution < -0.4 is 37.5 Å². The predicted molar refractivity (Wildman–Crippen MR) is 287 cm³/mol. The lowest BCUT2D eigenvalue weighted by Crippen LogP contribution is -2.34. The zero-order valence-corrected chi connectivity index (χ0v) is 43.8. The lowest BCUT2D eigenvalue weighted by molar-refractivity contribution is -0.144. The summed E-state index contributed by atoms with van der Waals surface area (Å²) < 4.78 is 29.6. The number of amides is 4. The maximum atomic E-state index is 12.5. The maximum Gasteiger partial charge on any atom is 0.320 e. The molecule has 0 spiro atoms. The van der Waals surface area contributed by atoms with E-state index >= 15 is 0 Å². The molecule has 6 rings (SSSR count). The molecule has 4 amide bonds. The number of nitrogens with one attached hydrogen (secondary N) is 5. The average molecular weight is 1110 g/mol. The molecule has 3 aromatic heterocycles. The normalized spacial score (nSPS) is 12.0. The molecule has 28 heteroatoms. The monoisotopic (exact) mass is 1110 g/mol. The number of aromatic nitrogens is 7. The molecule has 0 saturated carbocycles. The van der Waals surface area contributed by atoms with Gasteiger partial charge in [-0.25, -0.2) is 9.67 Å². The van der Waals surface area contributed by atoms with Crippen molar-refractivity contribution in [3.63, 3.8) is 0 Å². The fourth-order valence-electron chi connectivity index (χ4n) is 7.30. The number of imidazole rings is 1. The fourth-order valence-corrected chi connectivity index (χ4v) is 7.30. The zero-order valence-electron chi connectivity index (χ0n) is 43.8. The van der Waals surface area contributed by atoms with E-state index < -0.39 is 29.8 Å². The number of fused-ring (bicyclic) bond motifs is 1. The van der Waals surface area contributed by atoms with Crippen molar-refractivity contribution < 1.29 is 62.7 Å². The van der Waals surface area contributed by atoms with Gasteiger partial charge < -0.3 is 71.6 Å². The lowest BCUT2D eigenvalue weighted by atomic mass is 9.94. The summed E-state index contributed by atoms with van der Waals surface area (Å²) in [5.74, 6) is -4.23. The van der Waals surface area contributed by atoms with Gasteiger partial charge in [0.2, 0.25) is 35.5 Å². The second-order valence-corrected chi connectivity index (χ2v) is 17.8. The van der Waals surface area contributed by atoms with Crippen LogP contribution in [0, 0.1) is 5.92 Å². The van der Waals surface area contributed by atoms with Crippen LogP contribution in [0.15, 0.2) is 95.5 Å². The Morgan fingerprint density at radius 3 is 1.91 bits per heavy atom. The number of azo groups is 1. The molecule has 0 unspecified atom stereocenters. The molecule has 80 heavy (non-hydrogen) atoms. The Labute approximate surface area is 458 Å². The number of H-pyrrole nitrogens is 1. The molecule has 426 valence electrons. The summed E-state index contributed by atoms with van der Waals surface area (Å²) in [5, 5.41) is 45.8. The van der Waals surface area contributed by atoms with E-state index in [0.29, 0.717) is 105 Å². The number of carbonyl (C=O) groups is 6. The van der Waals surface area contributed by atoms with Crippen LogP contribution in [0.5, 0.6) is 5.88 Å². The third kappa shape index (κ3) is 22.3. The summed E-state index contributed by atoms with van der Waals surface area (Å²) in [6, 6.07) is 19.5. The highest BCUT2D eigenvalue weighted by Crippen LogP contribution is 2.24. The van der Waals surface area contributed by atoms with E-state index in [4.69, 9.17) is 40.3 Å². The Kier molecular flexibility index (Phi) is 24.8. The van der Waals surface area contributed by atoms with Gasteiger partial charge in [-0.15, -0.1) is 5.10 Å². The van der Waals surface area contributed by atoms with Crippen molar-refractivity contribution in [1.82, 2.24) is 45.6 Å². The molecular formula is C52H65N15O13. The van der Waals surface area contributed by atoms with Gasteiger partial charge in [-0.1, -0.05) is 29.5 Å². The Morgan fingerprint density at radius 2 is 1.27 bits per heavy atom. The van der Waals surface area contributed by atoms with Gasteiger partial charge in [-0.05, 0) is 78.9 Å². The summed E-state index contributed by atoms with van der Waals surface area (Å²) in [7, 11) is 0. The highest BCUT2D eigenvalue weighted by molar-refractivity contribution is 5.94. The number of anilines is 3. The molecule has 6 aromatic rings. The van der Waals surface area contributed by atoms with E-state index in [2.05, 4.69) is 61.7 Å². The second kappa shape index (κ2) is 32.8. The number of benzene rings is 3. The highest BCUT2D eigenvalue weighted by atomic mass is 16.6. The standard InChI is InChI=1S/C52H65N15O13/c53-42(51(74)75)28-36(50(72)73)2-1-3-45(70)59-37-8-12-39(13-9-37)63-64-40-14-10-38(11-15-40)60-46(71)30-56-44(69)18-20-76-22-24-78-26-27-79-25-23-77-21-19-67-31-41(65-66-67)16-17-43(68)55-29-34-4-6-35(7-5-34)32-80-49-47-48(58-33-57-47)61-52(54)62-49/h4-15,31,33,36,42H,1-3,16-30,32,53H2,(H,55,68)(H,56,69)(H,59,70)(H,60,71)(H,72,73)(H,74,75)(H3,54,57,58,61,62)/t36-,42-/m0/s1. The average Bonchev–Trinajstić information content (AvgIpc) is 4.13. The van der Waals surface area contributed by atoms with Crippen molar-refractivity contribution in [2.75, 3.05) is 75.8 Å². The summed E-state index contributed by atoms with van der Waals surface area (Å²) in [5.41, 5.74) is 16.8. The number of hydrogen-bond acceptors (Lipinski definition) is 20. The molecule has 0 aliphatic heterocycles. The Morgan fingerprint density at radius 1 is 0.675 bits per heavy atom. The van der Waals surface area contributed by atoms with Gasteiger partial charge in [0.05, 0.1) is 95.3 Å². The van der Waals surface area contributed by atoms with E-state index in [1.165, 1.54) is 6.33 Å². The van der Waals surface area contributed by atoms with Crippen molar-refractivity contribution in [2.24, 2.45) is 21.9 Å². The number of nitrogen functional groups attached to an aromatic ring is 1. The topological polar surface area (TPSA) is 399 Å². The number of nitrogens with two attached hydrogens (primary N) is 2. The number of nitrogens with zero attached hydrogens (tertiary/aromatic N) is 8. The number of carboxylic acid groups (broad SMARTS) is 2. The minimum atomic E-state index is -1.29. The van der Waals surface area contributed by atoms with Crippen molar-refractivity contribution >= 4 is 75.4 Å². The first-order valence-corrected chi connectivity index (χ1v) is 25.6. The smallest absolute Gasteiger partial charge is 0.320 e. The summed E-state index contributed by atoms with van der Waals surface area (Å²) in [6.07, 6.45) is 4.23. The van der Waals surface area contributed by atoms with Crippen LogP contribution in [0.3, 0.4) is 0 Å². The molecule has 0 bridgehead atoms. The van der Waals surface area contributed by atoms with E-state index in [-0.39, 0.29) is 88.6 Å². The largest absolute Gasteiger partial charge is 0.481 e. The summed E-state index contributed by atoms with van der Waals surface area (Å²) >= 11 is 0. The van der Waals surface area contributed by atoms with E-state index in [1.807, 2.05) is 24.3 Å². The molecule has 0 saturated heterocycles. The fraction of sp³-hybridized carbons (Fsp3) is 0.404. The van der Waals surface area contributed by atoms with Crippen molar-refractivity contribution in [2.45, 2.75) is 70.7 Å². The van der Waals surface area contributed by atoms with Crippen LogP contribution in [0.25, 0.3) is 11.2 Å². The predicted octanol–water partition coefficient (Wildman–Crippen LogP) is 3.59. The van der Waals surface area contributed by atoms with E-state index in [1.54, 1.807) is 59.4 Å². The Hall–Kier alpha value is -8.83. The number of ether oxygens (including phenoxy) is 5. The van der Waals surface area contributed by atoms with Crippen LogP contribution in [0.1, 0.15) is 55.3 Å². The van der Waals surface area contributed by atoms with Crippen LogP contribution in [0.2, 0.25) is 0 Å². The molecule has 28 nitrogen and oxygen atoms in total. The number of aryl methyl sites for hydroxylation is 1. The summed E-state index contributed by atoms with van der Waals surface area (Å²) in [4.78, 5) is 87.2. The number of carboxylic acids is 2. The molecule has 2 atom stereocenters. The number of rotatable bonds is 37. The number of aliphatic carboxylic acids is 2. The van der Waals surface area contributed by atoms with Gasteiger partial charge in [0, 0.05) is 49.8 Å². The molecule has 3 aromatic carbocycles. The number of hydrogen-bond donors (Lipinski definition) is 9. The lowest BCUT2D eigenvalue weighted by Gasteiger charge is -2.14. The first-order valence-electron chi connectivity index (χ1n) is 25.6. The maximum absolute atomic E-state index is 12.5. The molecule has 3 heterocycles. The zero-order chi connectivity index (χ0) is 56.9.